The van der Waals surface area contributed by atoms with E-state index in [0.717, 1.165) is 5.56 Å². The molecule has 0 spiro atoms. The second kappa shape index (κ2) is 5.80. The van der Waals surface area contributed by atoms with Gasteiger partial charge in [-0.3, -0.25) is 4.72 Å². The average molecular weight is 351 g/mol. The van der Waals surface area contributed by atoms with Crippen LogP contribution < -0.4 is 4.72 Å². The molecule has 2 aromatic carbocycles. The van der Waals surface area contributed by atoms with Crippen molar-refractivity contribution in [2.24, 2.45) is 0 Å². The van der Waals surface area contributed by atoms with Crippen molar-refractivity contribution in [3.05, 3.63) is 59.2 Å². The third-order valence-corrected chi connectivity index (χ3v) is 4.30. The minimum atomic E-state index is -5.19. The smallest absolute Gasteiger partial charge is 0.279 e. The highest BCUT2D eigenvalue weighted by atomic mass is 32.2. The summed E-state index contributed by atoms with van der Waals surface area (Å²) in [4.78, 5) is -0.333. The van der Waals surface area contributed by atoms with E-state index in [-0.39, 0.29) is 17.0 Å². The van der Waals surface area contributed by atoms with E-state index in [4.69, 9.17) is 0 Å². The Morgan fingerprint density at radius 1 is 1.00 bits per heavy atom. The first-order chi connectivity index (χ1) is 10.5. The van der Waals surface area contributed by atoms with Gasteiger partial charge in [-0.25, -0.2) is 17.2 Å². The summed E-state index contributed by atoms with van der Waals surface area (Å²) in [6, 6.07) is 5.52. The summed E-state index contributed by atoms with van der Waals surface area (Å²) in [5.74, 6) is -3.24. The molecule has 0 amide bonds. The number of benzene rings is 2. The number of nitrogens with one attached hydrogen (secondary N) is 1. The molecular weight excluding hydrogens is 341 g/mol. The van der Waals surface area contributed by atoms with Crippen molar-refractivity contribution in [3.8, 4) is 0 Å². The predicted molar refractivity (Wildman–Crippen MR) is 73.3 cm³/mol. The molecule has 0 aliphatic carbocycles. The molecule has 0 atom stereocenters. The van der Waals surface area contributed by atoms with Gasteiger partial charge in [0.1, 0.15) is 17.2 Å². The molecule has 9 heteroatoms. The Kier molecular flexibility index (Phi) is 4.34. The Labute approximate surface area is 128 Å². The van der Waals surface area contributed by atoms with E-state index >= 15 is 0 Å². The molecule has 0 aliphatic heterocycles. The van der Waals surface area contributed by atoms with Gasteiger partial charge in [-0.05, 0) is 25.1 Å². The van der Waals surface area contributed by atoms with Crippen molar-refractivity contribution in [2.75, 3.05) is 4.72 Å². The third kappa shape index (κ3) is 3.79. The lowest BCUT2D eigenvalue weighted by Crippen LogP contribution is -2.19. The maximum atomic E-state index is 13.4. The van der Waals surface area contributed by atoms with Crippen molar-refractivity contribution in [1.82, 2.24) is 0 Å². The molecule has 0 fully saturated rings. The first-order valence-corrected chi connectivity index (χ1v) is 7.65. The topological polar surface area (TPSA) is 46.2 Å². The maximum Gasteiger partial charge on any atom is 0.421 e. The average Bonchev–Trinajstić information content (AvgIpc) is 2.35. The first kappa shape index (κ1) is 17.2. The fourth-order valence-corrected chi connectivity index (χ4v) is 2.93. The number of anilines is 1. The summed E-state index contributed by atoms with van der Waals surface area (Å²) in [5, 5.41) is 0. The number of hydrogen-bond acceptors (Lipinski definition) is 2. The Balaban J connectivity index is 2.53. The zero-order valence-electron chi connectivity index (χ0n) is 11.6. The first-order valence-electron chi connectivity index (χ1n) is 6.16. The molecule has 3 nitrogen and oxygen atoms in total. The molecule has 0 unspecified atom stereocenters. The molecule has 124 valence electrons. The molecule has 0 radical (unpaired) electrons. The monoisotopic (exact) mass is 351 g/mol. The van der Waals surface area contributed by atoms with Crippen LogP contribution in [0.3, 0.4) is 0 Å². The van der Waals surface area contributed by atoms with Gasteiger partial charge >= 0.3 is 6.18 Å². The van der Waals surface area contributed by atoms with Crippen LogP contribution >= 0.6 is 0 Å². The van der Waals surface area contributed by atoms with E-state index < -0.39 is 39.1 Å². The van der Waals surface area contributed by atoms with Crippen LogP contribution in [0.15, 0.2) is 41.3 Å². The third-order valence-electron chi connectivity index (χ3n) is 2.91. The van der Waals surface area contributed by atoms with Crippen LogP contribution in [0.1, 0.15) is 11.1 Å². The molecule has 1 N–H and O–H groups in total. The van der Waals surface area contributed by atoms with Crippen LogP contribution in [-0.4, -0.2) is 8.42 Å². The minimum Gasteiger partial charge on any atom is -0.279 e. The van der Waals surface area contributed by atoms with Crippen molar-refractivity contribution in [3.63, 3.8) is 0 Å². The largest absolute Gasteiger partial charge is 0.421 e. The van der Waals surface area contributed by atoms with Crippen LogP contribution in [0.25, 0.3) is 0 Å². The molecule has 2 rings (SSSR count). The van der Waals surface area contributed by atoms with E-state index in [1.165, 1.54) is 24.3 Å². The number of halogens is 5. The van der Waals surface area contributed by atoms with E-state index in [1.807, 2.05) is 0 Å². The highest BCUT2D eigenvalue weighted by molar-refractivity contribution is 7.92. The lowest BCUT2D eigenvalue weighted by Gasteiger charge is -2.16. The van der Waals surface area contributed by atoms with Crippen LogP contribution in [0.4, 0.5) is 27.6 Å². The fourth-order valence-electron chi connectivity index (χ4n) is 1.86. The molecule has 0 aliphatic rings. The van der Waals surface area contributed by atoms with Gasteiger partial charge in [-0.2, -0.15) is 13.2 Å². The van der Waals surface area contributed by atoms with Crippen LogP contribution in [-0.2, 0) is 16.2 Å². The number of aryl methyl sites for hydroxylation is 1. The van der Waals surface area contributed by atoms with Crippen LogP contribution in [0, 0.1) is 18.6 Å². The van der Waals surface area contributed by atoms with Gasteiger partial charge in [0, 0.05) is 6.07 Å². The molecule has 0 aromatic heterocycles. The highest BCUT2D eigenvalue weighted by Crippen LogP contribution is 2.38. The van der Waals surface area contributed by atoms with Crippen molar-refractivity contribution < 1.29 is 30.4 Å². The quantitative estimate of drug-likeness (QED) is 0.847. The van der Waals surface area contributed by atoms with Gasteiger partial charge in [0.15, 0.2) is 0 Å². The molecule has 0 bridgehead atoms. The van der Waals surface area contributed by atoms with E-state index in [2.05, 4.69) is 0 Å². The molecule has 2 aromatic rings. The second-order valence-electron chi connectivity index (χ2n) is 4.73. The molecule has 0 heterocycles. The van der Waals surface area contributed by atoms with E-state index in [1.54, 1.807) is 11.6 Å². The van der Waals surface area contributed by atoms with Gasteiger partial charge in [-0.1, -0.05) is 17.7 Å². The summed E-state index contributed by atoms with van der Waals surface area (Å²) >= 11 is 0. The summed E-state index contributed by atoms with van der Waals surface area (Å²) in [6.45, 7) is 1.69. The van der Waals surface area contributed by atoms with Crippen molar-refractivity contribution in [1.29, 1.82) is 0 Å². The predicted octanol–water partition coefficient (Wildman–Crippen LogP) is 4.09. The molecule has 0 saturated carbocycles. The SMILES string of the molecule is Cc1ccc(S(=O)(=O)Nc2cc(F)cc(F)c2C(F)(F)F)cc1. The Bertz CT molecular complexity index is 829. The van der Waals surface area contributed by atoms with E-state index in [9.17, 15) is 30.4 Å². The normalized spacial score (nSPS) is 12.3. The number of alkyl halides is 3. The fraction of sp³-hybridized carbons (Fsp3) is 0.143. The van der Waals surface area contributed by atoms with Crippen molar-refractivity contribution in [2.45, 2.75) is 18.0 Å². The standard InChI is InChI=1S/C14H10F5NO2S/c1-8-2-4-10(5-3-8)23(21,22)20-12-7-9(15)6-11(16)13(12)14(17,18)19/h2-7,20H,1H3. The maximum absolute atomic E-state index is 13.4. The van der Waals surface area contributed by atoms with Gasteiger partial charge in [-0.15, -0.1) is 0 Å². The number of hydrogen-bond donors (Lipinski definition) is 1. The summed E-state index contributed by atoms with van der Waals surface area (Å²) < 4.78 is 91.0. The lowest BCUT2D eigenvalue weighted by atomic mass is 10.1. The minimum absolute atomic E-state index is 0.0342. The van der Waals surface area contributed by atoms with Gasteiger partial charge < -0.3 is 0 Å². The Morgan fingerprint density at radius 3 is 2.09 bits per heavy atom. The molecule has 23 heavy (non-hydrogen) atoms. The van der Waals surface area contributed by atoms with Gasteiger partial charge in [0.25, 0.3) is 10.0 Å². The van der Waals surface area contributed by atoms with Crippen LogP contribution in [0.5, 0.6) is 0 Å². The molecular formula is C14H10F5NO2S. The second-order valence-corrected chi connectivity index (χ2v) is 6.41. The summed E-state index contributed by atoms with van der Waals surface area (Å²) in [7, 11) is -4.43. The van der Waals surface area contributed by atoms with Gasteiger partial charge in [0.05, 0.1) is 10.6 Å². The lowest BCUT2D eigenvalue weighted by molar-refractivity contribution is -0.139. The van der Waals surface area contributed by atoms with E-state index in [0.29, 0.717) is 0 Å². The summed E-state index contributed by atoms with van der Waals surface area (Å²) in [5.41, 5.74) is -2.36. The Morgan fingerprint density at radius 2 is 1.57 bits per heavy atom. The zero-order valence-corrected chi connectivity index (χ0v) is 12.4. The number of rotatable bonds is 3. The highest BCUT2D eigenvalue weighted by Gasteiger charge is 2.38. The summed E-state index contributed by atoms with van der Waals surface area (Å²) in [6.07, 6.45) is -5.19. The Hall–Kier alpha value is -2.16. The van der Waals surface area contributed by atoms with Crippen LogP contribution in [0.2, 0.25) is 0 Å². The number of sulfonamides is 1. The van der Waals surface area contributed by atoms with Crippen molar-refractivity contribution >= 4 is 15.7 Å². The molecule has 0 saturated heterocycles. The van der Waals surface area contributed by atoms with Gasteiger partial charge in [0.2, 0.25) is 0 Å². The zero-order chi connectivity index (χ0) is 17.4.